The predicted molar refractivity (Wildman–Crippen MR) is 151 cm³/mol. The Hall–Kier alpha value is -4.36. The topological polar surface area (TPSA) is 51.1 Å². The second kappa shape index (κ2) is 11.8. The van der Waals surface area contributed by atoms with Crippen LogP contribution in [0.2, 0.25) is 0 Å². The molecule has 1 saturated heterocycles. The summed E-state index contributed by atoms with van der Waals surface area (Å²) in [6.45, 7) is 2.39. The molecule has 0 aliphatic carbocycles. The number of thioether (sulfide) groups is 1. The van der Waals surface area contributed by atoms with Gasteiger partial charge in [0.2, 0.25) is 0 Å². The molecule has 0 aromatic heterocycles. The standard InChI is InChI=1S/C31H25FN2O3S/c1-2-36-28-19-22(17-18-27(28)37-21-23-11-9-10-16-26(23)32)20-29-30(35)34(25-14-7-4-8-15-25)31(38-29)33-24-12-5-3-6-13-24/h3-20H,2,21H2,1H3/b29-20-,33-31?. The van der Waals surface area contributed by atoms with Crippen molar-refractivity contribution in [3.63, 3.8) is 0 Å². The Morgan fingerprint density at radius 2 is 1.58 bits per heavy atom. The molecule has 0 bridgehead atoms. The van der Waals surface area contributed by atoms with E-state index in [2.05, 4.69) is 0 Å². The summed E-state index contributed by atoms with van der Waals surface area (Å²) in [4.78, 5) is 20.4. The van der Waals surface area contributed by atoms with Gasteiger partial charge in [-0.25, -0.2) is 9.38 Å². The van der Waals surface area contributed by atoms with Crippen LogP contribution in [0.25, 0.3) is 6.08 Å². The van der Waals surface area contributed by atoms with Gasteiger partial charge in [-0.3, -0.25) is 9.69 Å². The molecule has 1 aliphatic rings. The molecule has 1 amide bonds. The van der Waals surface area contributed by atoms with Gasteiger partial charge < -0.3 is 9.47 Å². The van der Waals surface area contributed by atoms with Gasteiger partial charge >= 0.3 is 0 Å². The molecule has 0 radical (unpaired) electrons. The highest BCUT2D eigenvalue weighted by Crippen LogP contribution is 2.38. The van der Waals surface area contributed by atoms with E-state index in [0.29, 0.717) is 33.7 Å². The largest absolute Gasteiger partial charge is 0.490 e. The first kappa shape index (κ1) is 25.3. The Bertz CT molecular complexity index is 1490. The first-order valence-electron chi connectivity index (χ1n) is 12.2. The zero-order valence-electron chi connectivity index (χ0n) is 20.7. The van der Waals surface area contributed by atoms with Crippen molar-refractivity contribution < 1.29 is 18.7 Å². The van der Waals surface area contributed by atoms with Crippen LogP contribution in [0, 0.1) is 5.82 Å². The SMILES string of the molecule is CCOc1cc(/C=C2\SC(=Nc3ccccc3)N(c3ccccc3)C2=O)ccc1OCc1ccccc1F. The Morgan fingerprint density at radius 3 is 2.32 bits per heavy atom. The molecule has 4 aromatic rings. The molecule has 5 nitrogen and oxygen atoms in total. The van der Waals surface area contributed by atoms with Gasteiger partial charge in [-0.2, -0.15) is 0 Å². The second-order valence-corrected chi connectivity index (χ2v) is 9.35. The first-order valence-corrected chi connectivity index (χ1v) is 13.0. The molecule has 7 heteroatoms. The number of amidine groups is 1. The molecule has 0 unspecified atom stereocenters. The number of hydrogen-bond donors (Lipinski definition) is 0. The lowest BCUT2D eigenvalue weighted by atomic mass is 10.1. The van der Waals surface area contributed by atoms with Crippen LogP contribution >= 0.6 is 11.8 Å². The number of aliphatic imine (C=N–C) groups is 1. The number of benzene rings is 4. The third-order valence-electron chi connectivity index (χ3n) is 5.71. The number of halogens is 1. The first-order chi connectivity index (χ1) is 18.6. The van der Waals surface area contributed by atoms with Gasteiger partial charge in [0.25, 0.3) is 5.91 Å². The minimum atomic E-state index is -0.320. The molecule has 0 saturated carbocycles. The highest BCUT2D eigenvalue weighted by Gasteiger charge is 2.34. The third kappa shape index (κ3) is 5.79. The number of carbonyl (C=O) groups is 1. The molecule has 190 valence electrons. The van der Waals surface area contributed by atoms with Crippen LogP contribution in [0.1, 0.15) is 18.1 Å². The van der Waals surface area contributed by atoms with Crippen molar-refractivity contribution in [2.45, 2.75) is 13.5 Å². The smallest absolute Gasteiger partial charge is 0.271 e. The molecular formula is C31H25FN2O3S. The van der Waals surface area contributed by atoms with Gasteiger partial charge in [0.1, 0.15) is 12.4 Å². The number of ether oxygens (including phenoxy) is 2. The van der Waals surface area contributed by atoms with Crippen LogP contribution in [0.3, 0.4) is 0 Å². The summed E-state index contributed by atoms with van der Waals surface area (Å²) in [7, 11) is 0. The van der Waals surface area contributed by atoms with Crippen molar-refractivity contribution in [2.75, 3.05) is 11.5 Å². The summed E-state index contributed by atoms with van der Waals surface area (Å²) in [5.41, 5.74) is 2.74. The zero-order chi connectivity index (χ0) is 26.3. The average Bonchev–Trinajstić information content (AvgIpc) is 3.24. The lowest BCUT2D eigenvalue weighted by molar-refractivity contribution is -0.113. The summed E-state index contributed by atoms with van der Waals surface area (Å²) < 4.78 is 25.7. The molecule has 1 heterocycles. The molecular weight excluding hydrogens is 499 g/mol. The summed E-state index contributed by atoms with van der Waals surface area (Å²) in [5.74, 6) is 0.542. The maximum Gasteiger partial charge on any atom is 0.271 e. The maximum absolute atomic E-state index is 14.0. The van der Waals surface area contributed by atoms with Gasteiger partial charge in [0.15, 0.2) is 16.7 Å². The van der Waals surface area contributed by atoms with Gasteiger partial charge in [-0.1, -0.05) is 60.7 Å². The van der Waals surface area contributed by atoms with Crippen LogP contribution in [-0.4, -0.2) is 17.7 Å². The molecule has 4 aromatic carbocycles. The van der Waals surface area contributed by atoms with Crippen LogP contribution in [0.5, 0.6) is 11.5 Å². The summed E-state index contributed by atoms with van der Waals surface area (Å²) in [5, 5.41) is 0.577. The molecule has 1 aliphatic heterocycles. The fourth-order valence-electron chi connectivity index (χ4n) is 3.89. The lowest BCUT2D eigenvalue weighted by Crippen LogP contribution is -2.28. The normalized spacial score (nSPS) is 15.3. The number of amides is 1. The number of hydrogen-bond acceptors (Lipinski definition) is 5. The van der Waals surface area contributed by atoms with Crippen molar-refractivity contribution in [1.82, 2.24) is 0 Å². The average molecular weight is 525 g/mol. The predicted octanol–water partition coefficient (Wildman–Crippen LogP) is 7.61. The van der Waals surface area contributed by atoms with E-state index in [1.165, 1.54) is 17.8 Å². The fraction of sp³-hybridized carbons (Fsp3) is 0.0968. The number of rotatable bonds is 8. The van der Waals surface area contributed by atoms with E-state index in [4.69, 9.17) is 14.5 Å². The monoisotopic (exact) mass is 524 g/mol. The summed E-state index contributed by atoms with van der Waals surface area (Å²) >= 11 is 1.32. The van der Waals surface area contributed by atoms with Crippen molar-refractivity contribution in [1.29, 1.82) is 0 Å². The molecule has 0 N–H and O–H groups in total. The lowest BCUT2D eigenvalue weighted by Gasteiger charge is -2.15. The third-order valence-corrected chi connectivity index (χ3v) is 6.68. The van der Waals surface area contributed by atoms with Crippen molar-refractivity contribution in [3.8, 4) is 11.5 Å². The Morgan fingerprint density at radius 1 is 0.868 bits per heavy atom. The van der Waals surface area contributed by atoms with E-state index >= 15 is 0 Å². The number of carbonyl (C=O) groups excluding carboxylic acids is 1. The van der Waals surface area contributed by atoms with Crippen molar-refractivity contribution in [2.24, 2.45) is 4.99 Å². The van der Waals surface area contributed by atoms with E-state index < -0.39 is 0 Å². The Balaban J connectivity index is 1.44. The van der Waals surface area contributed by atoms with Gasteiger partial charge in [0.05, 0.1) is 22.9 Å². The van der Waals surface area contributed by atoms with E-state index in [-0.39, 0.29) is 18.3 Å². The second-order valence-electron chi connectivity index (χ2n) is 8.34. The van der Waals surface area contributed by atoms with Gasteiger partial charge in [0, 0.05) is 5.56 Å². The molecule has 0 atom stereocenters. The summed E-state index contributed by atoms with van der Waals surface area (Å²) in [6.07, 6.45) is 1.82. The van der Waals surface area contributed by atoms with Crippen LogP contribution in [0.4, 0.5) is 15.8 Å². The van der Waals surface area contributed by atoms with Crippen LogP contribution in [0.15, 0.2) is 113 Å². The van der Waals surface area contributed by atoms with E-state index in [9.17, 15) is 9.18 Å². The number of anilines is 1. The Labute approximate surface area is 225 Å². The molecule has 38 heavy (non-hydrogen) atoms. The molecule has 1 fully saturated rings. The van der Waals surface area contributed by atoms with Gasteiger partial charge in [-0.05, 0) is 72.8 Å². The number of para-hydroxylation sites is 2. The van der Waals surface area contributed by atoms with Crippen LogP contribution < -0.4 is 14.4 Å². The highest BCUT2D eigenvalue weighted by molar-refractivity contribution is 8.19. The minimum absolute atomic E-state index is 0.0763. The van der Waals surface area contributed by atoms with Crippen molar-refractivity contribution >= 4 is 40.3 Å². The minimum Gasteiger partial charge on any atom is -0.490 e. The Kier molecular flexibility index (Phi) is 7.85. The number of nitrogens with zero attached hydrogens (tertiary/aromatic N) is 2. The highest BCUT2D eigenvalue weighted by atomic mass is 32.2. The molecule has 0 spiro atoms. The fourth-order valence-corrected chi connectivity index (χ4v) is 4.89. The van der Waals surface area contributed by atoms with Crippen molar-refractivity contribution in [3.05, 3.63) is 125 Å². The summed E-state index contributed by atoms with van der Waals surface area (Å²) in [6, 6.07) is 31.0. The molecule has 5 rings (SSSR count). The van der Waals surface area contributed by atoms with E-state index in [1.807, 2.05) is 85.8 Å². The van der Waals surface area contributed by atoms with Crippen LogP contribution in [-0.2, 0) is 11.4 Å². The maximum atomic E-state index is 14.0. The van der Waals surface area contributed by atoms with E-state index in [0.717, 1.165) is 16.9 Å². The zero-order valence-corrected chi connectivity index (χ0v) is 21.5. The van der Waals surface area contributed by atoms with E-state index in [1.54, 1.807) is 29.2 Å². The quantitative estimate of drug-likeness (QED) is 0.223. The van der Waals surface area contributed by atoms with Gasteiger partial charge in [-0.15, -0.1) is 0 Å².